The van der Waals surface area contributed by atoms with Crippen LogP contribution in [0.2, 0.25) is 0 Å². The Labute approximate surface area is 109 Å². The number of aromatic nitrogens is 1. The van der Waals surface area contributed by atoms with Crippen LogP contribution in [0.25, 0.3) is 11.1 Å². The number of fused-ring (bicyclic) bond motifs is 1. The Hall–Kier alpha value is -2.20. The third-order valence-corrected chi connectivity index (χ3v) is 3.10. The van der Waals surface area contributed by atoms with Gasteiger partial charge in [-0.1, -0.05) is 30.3 Å². The van der Waals surface area contributed by atoms with Gasteiger partial charge in [-0.3, -0.25) is 0 Å². The Balaban J connectivity index is 2.07. The fourth-order valence-electron chi connectivity index (χ4n) is 2.13. The fraction of sp³-hybridized carbons (Fsp3) is 0.133. The number of nitrogens with two attached hydrogens (primary N) is 1. The van der Waals surface area contributed by atoms with E-state index in [4.69, 9.17) is 10.2 Å². The number of benzene rings is 2. The summed E-state index contributed by atoms with van der Waals surface area (Å²) in [6, 6.07) is 14.1. The first-order chi connectivity index (χ1) is 9.28. The maximum Gasteiger partial charge on any atom is 0.204 e. The van der Waals surface area contributed by atoms with Gasteiger partial charge in [0.05, 0.1) is 5.92 Å². The normalized spacial score (nSPS) is 12.7. The summed E-state index contributed by atoms with van der Waals surface area (Å²) < 4.78 is 18.8. The van der Waals surface area contributed by atoms with Crippen LogP contribution in [0.5, 0.6) is 0 Å². The highest BCUT2D eigenvalue weighted by Crippen LogP contribution is 2.26. The van der Waals surface area contributed by atoms with E-state index in [1.165, 1.54) is 12.1 Å². The van der Waals surface area contributed by atoms with Crippen molar-refractivity contribution in [2.75, 3.05) is 6.54 Å². The minimum absolute atomic E-state index is 0.114. The van der Waals surface area contributed by atoms with Crippen molar-refractivity contribution in [3.8, 4) is 0 Å². The molecule has 1 atom stereocenters. The van der Waals surface area contributed by atoms with Gasteiger partial charge in [-0.2, -0.15) is 0 Å². The van der Waals surface area contributed by atoms with Gasteiger partial charge >= 0.3 is 0 Å². The van der Waals surface area contributed by atoms with Gasteiger partial charge in [-0.05, 0) is 17.7 Å². The zero-order chi connectivity index (χ0) is 13.2. The summed E-state index contributed by atoms with van der Waals surface area (Å²) >= 11 is 0. The van der Waals surface area contributed by atoms with Gasteiger partial charge in [0.15, 0.2) is 5.58 Å². The Morgan fingerprint density at radius 2 is 1.95 bits per heavy atom. The summed E-state index contributed by atoms with van der Waals surface area (Å²) in [5.74, 6) is 0.0742. The van der Waals surface area contributed by atoms with Gasteiger partial charge < -0.3 is 10.2 Å². The number of rotatable bonds is 3. The summed E-state index contributed by atoms with van der Waals surface area (Å²) in [5.41, 5.74) is 7.95. The molecule has 0 aliphatic rings. The van der Waals surface area contributed by atoms with Crippen molar-refractivity contribution in [3.63, 3.8) is 0 Å². The Bertz CT molecular complexity index is 694. The molecule has 0 amide bonds. The zero-order valence-electron chi connectivity index (χ0n) is 10.2. The highest BCUT2D eigenvalue weighted by atomic mass is 19.1. The molecular weight excluding hydrogens is 243 g/mol. The second-order valence-corrected chi connectivity index (χ2v) is 4.36. The molecule has 96 valence electrons. The molecule has 4 heteroatoms. The molecule has 1 unspecified atom stereocenters. The van der Waals surface area contributed by atoms with Crippen molar-refractivity contribution in [1.29, 1.82) is 0 Å². The molecule has 0 radical (unpaired) electrons. The van der Waals surface area contributed by atoms with Gasteiger partial charge in [0.2, 0.25) is 5.89 Å². The van der Waals surface area contributed by atoms with E-state index in [1.807, 2.05) is 30.3 Å². The summed E-state index contributed by atoms with van der Waals surface area (Å²) in [6.07, 6.45) is 0. The summed E-state index contributed by atoms with van der Waals surface area (Å²) in [6.45, 7) is 0.388. The number of halogens is 1. The summed E-state index contributed by atoms with van der Waals surface area (Å²) in [7, 11) is 0. The number of nitrogens with zero attached hydrogens (tertiary/aromatic N) is 1. The van der Waals surface area contributed by atoms with E-state index >= 15 is 0 Å². The van der Waals surface area contributed by atoms with Crippen LogP contribution in [0.1, 0.15) is 17.4 Å². The van der Waals surface area contributed by atoms with Crippen molar-refractivity contribution in [2.45, 2.75) is 5.92 Å². The minimum Gasteiger partial charge on any atom is -0.440 e. The molecule has 19 heavy (non-hydrogen) atoms. The largest absolute Gasteiger partial charge is 0.440 e. The van der Waals surface area contributed by atoms with Crippen LogP contribution in [0.3, 0.4) is 0 Å². The van der Waals surface area contributed by atoms with Crippen molar-refractivity contribution < 1.29 is 8.81 Å². The van der Waals surface area contributed by atoms with Crippen LogP contribution < -0.4 is 5.73 Å². The molecular formula is C15H13FN2O. The average Bonchev–Trinajstić information content (AvgIpc) is 2.83. The quantitative estimate of drug-likeness (QED) is 0.783. The minimum atomic E-state index is -0.334. The van der Waals surface area contributed by atoms with Gasteiger partial charge in [0.1, 0.15) is 11.3 Å². The molecule has 0 saturated carbocycles. The molecule has 3 aromatic rings. The third-order valence-electron chi connectivity index (χ3n) is 3.10. The SMILES string of the molecule is NCC(c1ccccc1)c1nc2ccc(F)cc2o1. The standard InChI is InChI=1S/C15H13FN2O/c16-11-6-7-13-14(8-11)19-15(18-13)12(9-17)10-4-2-1-3-5-10/h1-8,12H,9,17H2. The molecule has 2 aromatic carbocycles. The molecule has 0 aliphatic carbocycles. The zero-order valence-corrected chi connectivity index (χ0v) is 10.2. The molecule has 0 bridgehead atoms. The van der Waals surface area contributed by atoms with Crippen molar-refractivity contribution in [1.82, 2.24) is 4.98 Å². The fourth-order valence-corrected chi connectivity index (χ4v) is 2.13. The lowest BCUT2D eigenvalue weighted by atomic mass is 9.99. The molecule has 0 aliphatic heterocycles. The van der Waals surface area contributed by atoms with Gasteiger partial charge in [0, 0.05) is 12.6 Å². The lowest BCUT2D eigenvalue weighted by molar-refractivity contribution is 0.500. The Morgan fingerprint density at radius 3 is 2.68 bits per heavy atom. The van der Waals surface area contributed by atoms with Crippen molar-refractivity contribution in [2.24, 2.45) is 5.73 Å². The van der Waals surface area contributed by atoms with E-state index in [9.17, 15) is 4.39 Å². The number of hydrogen-bond acceptors (Lipinski definition) is 3. The molecule has 3 rings (SSSR count). The second-order valence-electron chi connectivity index (χ2n) is 4.36. The second kappa shape index (κ2) is 4.82. The van der Waals surface area contributed by atoms with E-state index in [0.717, 1.165) is 5.56 Å². The molecule has 3 nitrogen and oxygen atoms in total. The highest BCUT2D eigenvalue weighted by molar-refractivity contribution is 5.72. The van der Waals surface area contributed by atoms with E-state index < -0.39 is 0 Å². The smallest absolute Gasteiger partial charge is 0.204 e. The first kappa shape index (κ1) is 11.9. The predicted octanol–water partition coefficient (Wildman–Crippen LogP) is 3.06. The third kappa shape index (κ3) is 2.22. The van der Waals surface area contributed by atoms with E-state index in [0.29, 0.717) is 23.5 Å². The summed E-state index contributed by atoms with van der Waals surface area (Å²) in [5, 5.41) is 0. The topological polar surface area (TPSA) is 52.0 Å². The van der Waals surface area contributed by atoms with E-state index in [2.05, 4.69) is 4.98 Å². The maximum atomic E-state index is 13.1. The maximum absolute atomic E-state index is 13.1. The van der Waals surface area contributed by atoms with Gasteiger partial charge in [0.25, 0.3) is 0 Å². The monoisotopic (exact) mass is 256 g/mol. The molecule has 0 saturated heterocycles. The lowest BCUT2D eigenvalue weighted by Crippen LogP contribution is -2.14. The van der Waals surface area contributed by atoms with Crippen LogP contribution in [0.4, 0.5) is 4.39 Å². The highest BCUT2D eigenvalue weighted by Gasteiger charge is 2.18. The first-order valence-electron chi connectivity index (χ1n) is 6.09. The molecule has 2 N–H and O–H groups in total. The van der Waals surface area contributed by atoms with Gasteiger partial charge in [-0.25, -0.2) is 9.37 Å². The molecule has 1 heterocycles. The van der Waals surface area contributed by atoms with Crippen LogP contribution in [-0.4, -0.2) is 11.5 Å². The van der Waals surface area contributed by atoms with Crippen molar-refractivity contribution in [3.05, 3.63) is 65.8 Å². The Morgan fingerprint density at radius 1 is 1.16 bits per heavy atom. The number of oxazole rings is 1. The predicted molar refractivity (Wildman–Crippen MR) is 71.3 cm³/mol. The van der Waals surface area contributed by atoms with E-state index in [1.54, 1.807) is 6.07 Å². The van der Waals surface area contributed by atoms with Crippen LogP contribution in [-0.2, 0) is 0 Å². The van der Waals surface area contributed by atoms with Crippen molar-refractivity contribution >= 4 is 11.1 Å². The molecule has 0 spiro atoms. The van der Waals surface area contributed by atoms with Gasteiger partial charge in [-0.15, -0.1) is 0 Å². The van der Waals surface area contributed by atoms with E-state index in [-0.39, 0.29) is 11.7 Å². The molecule has 0 fully saturated rings. The van der Waals surface area contributed by atoms with Crippen LogP contribution in [0, 0.1) is 5.82 Å². The van der Waals surface area contributed by atoms with Crippen LogP contribution in [0.15, 0.2) is 52.9 Å². The lowest BCUT2D eigenvalue weighted by Gasteiger charge is -2.10. The summed E-state index contributed by atoms with van der Waals surface area (Å²) in [4.78, 5) is 4.39. The average molecular weight is 256 g/mol. The Kier molecular flexibility index (Phi) is 3.01. The number of hydrogen-bond donors (Lipinski definition) is 1. The van der Waals surface area contributed by atoms with Crippen LogP contribution >= 0.6 is 0 Å². The molecule has 1 aromatic heterocycles. The first-order valence-corrected chi connectivity index (χ1v) is 6.09.